The first-order valence-electron chi connectivity index (χ1n) is 11.8. The lowest BCUT2D eigenvalue weighted by atomic mass is 9.90. The molecule has 1 aliphatic rings. The third-order valence-corrected chi connectivity index (χ3v) is 7.36. The first-order valence-corrected chi connectivity index (χ1v) is 12.6. The number of carbonyl (C=O) groups excluding carboxylic acids is 1. The van der Waals surface area contributed by atoms with E-state index in [1.54, 1.807) is 24.8 Å². The van der Waals surface area contributed by atoms with Crippen molar-refractivity contribution >= 4 is 28.3 Å². The molecule has 1 amide bonds. The van der Waals surface area contributed by atoms with Crippen LogP contribution in [0.25, 0.3) is 28.4 Å². The first kappa shape index (κ1) is 23.3. The van der Waals surface area contributed by atoms with Gasteiger partial charge >= 0.3 is 0 Å². The van der Waals surface area contributed by atoms with Crippen LogP contribution < -0.4 is 5.32 Å². The predicted molar refractivity (Wildman–Crippen MR) is 132 cm³/mol. The van der Waals surface area contributed by atoms with Crippen molar-refractivity contribution in [2.24, 2.45) is 0 Å². The van der Waals surface area contributed by atoms with Crippen LogP contribution in [0.4, 0.5) is 8.78 Å². The van der Waals surface area contributed by atoms with Gasteiger partial charge in [-0.25, -0.2) is 23.7 Å². The molecule has 2 atom stereocenters. The third-order valence-electron chi connectivity index (χ3n) is 6.36. The Morgan fingerprint density at radius 2 is 1.95 bits per heavy atom. The Balaban J connectivity index is 1.34. The largest absolute Gasteiger partial charge is 0.347 e. The van der Waals surface area contributed by atoms with Gasteiger partial charge in [-0.2, -0.15) is 10.2 Å². The standard InChI is InChI=1S/C24H21F2N9OS/c25-21(26)19-13-29-24(37-19)23(36)32-14-4-3-5-15(10-14)34-18-11-20(35-30-8-9-31-35)28-12-17(18)33-22(34)16-6-1-2-7-27-16/h1-2,6-9,11-15,21H,3-5,10H2,(H,32,36)/t14-,15+/m0/s1. The molecule has 0 aliphatic heterocycles. The van der Waals surface area contributed by atoms with Crippen LogP contribution in [0, 0.1) is 0 Å². The number of fused-ring (bicyclic) bond motifs is 1. The maximum atomic E-state index is 12.9. The maximum Gasteiger partial charge on any atom is 0.280 e. The van der Waals surface area contributed by atoms with Crippen LogP contribution in [0.2, 0.25) is 0 Å². The molecule has 5 aromatic heterocycles. The van der Waals surface area contributed by atoms with E-state index < -0.39 is 12.3 Å². The Hall–Kier alpha value is -4.13. The quantitative estimate of drug-likeness (QED) is 0.352. The fraction of sp³-hybridized carbons (Fsp3) is 0.292. The summed E-state index contributed by atoms with van der Waals surface area (Å²) >= 11 is 0.720. The molecule has 1 fully saturated rings. The van der Waals surface area contributed by atoms with E-state index in [1.807, 2.05) is 24.3 Å². The van der Waals surface area contributed by atoms with Crippen molar-refractivity contribution in [1.29, 1.82) is 0 Å². The molecule has 13 heteroatoms. The molecule has 5 aromatic rings. The van der Waals surface area contributed by atoms with Gasteiger partial charge in [0.1, 0.15) is 11.2 Å². The van der Waals surface area contributed by atoms with Gasteiger partial charge in [0.05, 0.1) is 29.0 Å². The number of rotatable bonds is 6. The van der Waals surface area contributed by atoms with Crippen LogP contribution in [0.15, 0.2) is 55.2 Å². The number of thiazole rings is 1. The molecule has 10 nitrogen and oxygen atoms in total. The van der Waals surface area contributed by atoms with Crippen LogP contribution in [-0.4, -0.2) is 51.4 Å². The van der Waals surface area contributed by atoms with Crippen LogP contribution in [0.3, 0.4) is 0 Å². The molecule has 1 N–H and O–H groups in total. The number of carbonyl (C=O) groups is 1. The van der Waals surface area contributed by atoms with E-state index >= 15 is 0 Å². The van der Waals surface area contributed by atoms with E-state index in [0.29, 0.717) is 23.6 Å². The van der Waals surface area contributed by atoms with Gasteiger partial charge in [0.25, 0.3) is 12.3 Å². The molecule has 188 valence electrons. The molecule has 5 heterocycles. The Labute approximate surface area is 213 Å². The van der Waals surface area contributed by atoms with Crippen molar-refractivity contribution in [3.05, 3.63) is 65.1 Å². The van der Waals surface area contributed by atoms with Crippen LogP contribution in [0.5, 0.6) is 0 Å². The molecular weight excluding hydrogens is 500 g/mol. The molecule has 0 aromatic carbocycles. The first-order chi connectivity index (χ1) is 18.1. The van der Waals surface area contributed by atoms with Crippen molar-refractivity contribution in [1.82, 2.24) is 44.8 Å². The second-order valence-corrected chi connectivity index (χ2v) is 9.79. The summed E-state index contributed by atoms with van der Waals surface area (Å²) in [5, 5.41) is 11.4. The molecule has 0 radical (unpaired) electrons. The van der Waals surface area contributed by atoms with E-state index in [2.05, 4.69) is 35.0 Å². The molecule has 0 bridgehead atoms. The monoisotopic (exact) mass is 521 g/mol. The molecule has 1 saturated carbocycles. The summed E-state index contributed by atoms with van der Waals surface area (Å²) < 4.78 is 28.0. The molecule has 37 heavy (non-hydrogen) atoms. The highest BCUT2D eigenvalue weighted by Crippen LogP contribution is 2.36. The highest BCUT2D eigenvalue weighted by molar-refractivity contribution is 7.13. The van der Waals surface area contributed by atoms with Crippen LogP contribution >= 0.6 is 11.3 Å². The number of alkyl halides is 2. The average Bonchev–Trinajstić information content (AvgIpc) is 3.69. The minimum absolute atomic E-state index is 0.00908. The van der Waals surface area contributed by atoms with Crippen molar-refractivity contribution in [3.63, 3.8) is 0 Å². The van der Waals surface area contributed by atoms with Crippen molar-refractivity contribution in [3.8, 4) is 17.3 Å². The van der Waals surface area contributed by atoms with E-state index in [4.69, 9.17) is 4.98 Å². The summed E-state index contributed by atoms with van der Waals surface area (Å²) in [5.41, 5.74) is 2.30. The Morgan fingerprint density at radius 3 is 2.70 bits per heavy atom. The van der Waals surface area contributed by atoms with Gasteiger partial charge in [-0.05, 0) is 37.8 Å². The second-order valence-electron chi connectivity index (χ2n) is 8.73. The van der Waals surface area contributed by atoms with Crippen LogP contribution in [-0.2, 0) is 0 Å². The lowest BCUT2D eigenvalue weighted by Crippen LogP contribution is -2.39. The van der Waals surface area contributed by atoms with Gasteiger partial charge in [-0.15, -0.1) is 16.1 Å². The van der Waals surface area contributed by atoms with Gasteiger partial charge < -0.3 is 9.88 Å². The number of nitrogens with zero attached hydrogens (tertiary/aromatic N) is 8. The molecular formula is C24H21F2N9OS. The number of hydrogen-bond donors (Lipinski definition) is 1. The van der Waals surface area contributed by atoms with Gasteiger partial charge in [0.2, 0.25) is 0 Å². The molecule has 0 saturated heterocycles. The molecule has 0 unspecified atom stereocenters. The smallest absolute Gasteiger partial charge is 0.280 e. The molecule has 0 spiro atoms. The van der Waals surface area contributed by atoms with E-state index in [1.165, 1.54) is 4.80 Å². The summed E-state index contributed by atoms with van der Waals surface area (Å²) in [7, 11) is 0. The Morgan fingerprint density at radius 1 is 1.08 bits per heavy atom. The zero-order chi connectivity index (χ0) is 25.4. The zero-order valence-electron chi connectivity index (χ0n) is 19.4. The normalized spacial score (nSPS) is 17.9. The van der Waals surface area contributed by atoms with Crippen molar-refractivity contribution in [2.45, 2.75) is 44.2 Å². The lowest BCUT2D eigenvalue weighted by molar-refractivity contribution is 0.0920. The van der Waals surface area contributed by atoms with Crippen molar-refractivity contribution < 1.29 is 13.6 Å². The second kappa shape index (κ2) is 9.73. The van der Waals surface area contributed by atoms with Crippen molar-refractivity contribution in [2.75, 3.05) is 0 Å². The minimum atomic E-state index is -2.64. The highest BCUT2D eigenvalue weighted by atomic mass is 32.1. The minimum Gasteiger partial charge on any atom is -0.347 e. The number of imidazole rings is 1. The summed E-state index contributed by atoms with van der Waals surface area (Å²) in [6, 6.07) is 7.44. The van der Waals surface area contributed by atoms with Crippen LogP contribution in [0.1, 0.15) is 52.8 Å². The fourth-order valence-corrected chi connectivity index (χ4v) is 5.42. The SMILES string of the molecule is O=C(N[C@H]1CCC[C@@H](n2c(-c3ccccn3)nc3cnc(-n4nccn4)cc32)C1)c1ncc(C(F)F)s1. The number of aromatic nitrogens is 8. The average molecular weight is 522 g/mol. The van der Waals surface area contributed by atoms with Gasteiger partial charge in [0.15, 0.2) is 16.6 Å². The fourth-order valence-electron chi connectivity index (χ4n) is 4.75. The Kier molecular flexibility index (Phi) is 6.12. The number of amides is 1. The summed E-state index contributed by atoms with van der Waals surface area (Å²) in [4.78, 5) is 31.7. The third kappa shape index (κ3) is 4.57. The molecule has 6 rings (SSSR count). The predicted octanol–water partition coefficient (Wildman–Crippen LogP) is 4.38. The number of hydrogen-bond acceptors (Lipinski definition) is 8. The lowest BCUT2D eigenvalue weighted by Gasteiger charge is -2.31. The molecule has 1 aliphatic carbocycles. The number of nitrogens with one attached hydrogen (secondary N) is 1. The highest BCUT2D eigenvalue weighted by Gasteiger charge is 2.29. The number of halogens is 2. The van der Waals surface area contributed by atoms with Gasteiger partial charge in [-0.3, -0.25) is 9.78 Å². The summed E-state index contributed by atoms with van der Waals surface area (Å²) in [6.45, 7) is 0. The summed E-state index contributed by atoms with van der Waals surface area (Å²) in [6.07, 6.45) is 8.18. The van der Waals surface area contributed by atoms with Gasteiger partial charge in [0, 0.05) is 30.5 Å². The van der Waals surface area contributed by atoms with E-state index in [0.717, 1.165) is 48.0 Å². The van der Waals surface area contributed by atoms with E-state index in [-0.39, 0.29) is 22.0 Å². The maximum absolute atomic E-state index is 12.9. The zero-order valence-corrected chi connectivity index (χ0v) is 20.2. The topological polar surface area (TPSA) is 116 Å². The Bertz CT molecular complexity index is 1530. The van der Waals surface area contributed by atoms with Gasteiger partial charge in [-0.1, -0.05) is 6.07 Å². The van der Waals surface area contributed by atoms with E-state index in [9.17, 15) is 13.6 Å². The number of pyridine rings is 2. The summed E-state index contributed by atoms with van der Waals surface area (Å²) in [5.74, 6) is 0.839.